The predicted octanol–water partition coefficient (Wildman–Crippen LogP) is 2.01. The topological polar surface area (TPSA) is 50.2 Å². The molecule has 0 radical (unpaired) electrons. The molecule has 2 atom stereocenters. The number of benzene rings is 1. The van der Waals surface area contributed by atoms with Gasteiger partial charge in [0.15, 0.2) is 0 Å². The van der Waals surface area contributed by atoms with Gasteiger partial charge < -0.3 is 14.8 Å². The Morgan fingerprint density at radius 3 is 2.96 bits per heavy atom. The fraction of sp³-hybridized carbons (Fsp3) is 0.444. The molecule has 0 aliphatic carbocycles. The van der Waals surface area contributed by atoms with Gasteiger partial charge in [0, 0.05) is 39.1 Å². The van der Waals surface area contributed by atoms with E-state index in [9.17, 15) is 4.79 Å². The highest BCUT2D eigenvalue weighted by molar-refractivity contribution is 5.84. The fourth-order valence-electron chi connectivity index (χ4n) is 3.23. The number of hydrogen-bond acceptors (Lipinski definition) is 3. The molecular weight excluding hydrogens is 288 g/mol. The molecule has 2 aromatic rings. The Hall–Kier alpha value is -2.14. The average molecular weight is 312 g/mol. The Labute approximate surface area is 137 Å². The molecule has 2 unspecified atom stereocenters. The third-order valence-corrected chi connectivity index (χ3v) is 4.60. The molecule has 3 rings (SSSR count). The van der Waals surface area contributed by atoms with Gasteiger partial charge in [0.05, 0.1) is 5.92 Å². The normalized spacial score (nSPS) is 19.6. The monoisotopic (exact) mass is 312 g/mol. The maximum atomic E-state index is 13.1. The molecular formula is C18H24N4O. The summed E-state index contributed by atoms with van der Waals surface area (Å²) in [6.45, 7) is 6.34. The largest absolute Gasteiger partial charge is 0.336 e. The quantitative estimate of drug-likeness (QED) is 0.943. The Balaban J connectivity index is 1.85. The zero-order valence-corrected chi connectivity index (χ0v) is 14.0. The number of nitrogens with zero attached hydrogens (tertiary/aromatic N) is 3. The van der Waals surface area contributed by atoms with Crippen molar-refractivity contribution >= 4 is 5.91 Å². The van der Waals surface area contributed by atoms with Gasteiger partial charge in [-0.05, 0) is 19.4 Å². The second-order valence-corrected chi connectivity index (χ2v) is 6.28. The van der Waals surface area contributed by atoms with Gasteiger partial charge in [-0.3, -0.25) is 4.79 Å². The Morgan fingerprint density at radius 2 is 2.26 bits per heavy atom. The van der Waals surface area contributed by atoms with Gasteiger partial charge in [-0.1, -0.05) is 29.8 Å². The van der Waals surface area contributed by atoms with Crippen LogP contribution in [0.1, 0.15) is 35.8 Å². The third kappa shape index (κ3) is 3.15. The number of amides is 1. The van der Waals surface area contributed by atoms with Crippen LogP contribution in [0.2, 0.25) is 0 Å². The highest BCUT2D eigenvalue weighted by Crippen LogP contribution is 2.26. The fourth-order valence-corrected chi connectivity index (χ4v) is 3.23. The number of aryl methyl sites for hydroxylation is 2. The maximum Gasteiger partial charge on any atom is 0.230 e. The minimum atomic E-state index is -0.143. The molecule has 5 nitrogen and oxygen atoms in total. The van der Waals surface area contributed by atoms with Crippen molar-refractivity contribution < 1.29 is 4.79 Å². The van der Waals surface area contributed by atoms with E-state index in [1.54, 1.807) is 6.20 Å². The molecule has 122 valence electrons. The first-order chi connectivity index (χ1) is 11.1. The summed E-state index contributed by atoms with van der Waals surface area (Å²) in [5, 5.41) is 3.38. The molecule has 0 saturated carbocycles. The molecule has 23 heavy (non-hydrogen) atoms. The van der Waals surface area contributed by atoms with E-state index in [0.717, 1.165) is 24.5 Å². The SMILES string of the molecule is Cc1cccc(C(C)C(=O)N2CCNCC2c2nccn2C)c1. The van der Waals surface area contributed by atoms with Gasteiger partial charge >= 0.3 is 0 Å². The molecule has 0 spiro atoms. The number of aromatic nitrogens is 2. The number of piperazine rings is 1. The third-order valence-electron chi connectivity index (χ3n) is 4.60. The lowest BCUT2D eigenvalue weighted by Crippen LogP contribution is -2.50. The second kappa shape index (κ2) is 6.54. The summed E-state index contributed by atoms with van der Waals surface area (Å²) >= 11 is 0. The lowest BCUT2D eigenvalue weighted by Gasteiger charge is -2.37. The van der Waals surface area contributed by atoms with E-state index in [1.165, 1.54) is 5.56 Å². The van der Waals surface area contributed by atoms with Crippen molar-refractivity contribution in [3.05, 3.63) is 53.6 Å². The Morgan fingerprint density at radius 1 is 1.43 bits per heavy atom. The van der Waals surface area contributed by atoms with Crippen LogP contribution in [0.15, 0.2) is 36.7 Å². The van der Waals surface area contributed by atoms with Crippen LogP contribution in [0.3, 0.4) is 0 Å². The minimum Gasteiger partial charge on any atom is -0.336 e. The summed E-state index contributed by atoms with van der Waals surface area (Å²) in [5.74, 6) is 0.961. The van der Waals surface area contributed by atoms with Gasteiger partial charge in [0.2, 0.25) is 5.91 Å². The van der Waals surface area contributed by atoms with Crippen LogP contribution in [-0.2, 0) is 11.8 Å². The molecule has 5 heteroatoms. The van der Waals surface area contributed by atoms with E-state index in [4.69, 9.17) is 0 Å². The van der Waals surface area contributed by atoms with E-state index in [1.807, 2.05) is 41.8 Å². The van der Waals surface area contributed by atoms with Crippen molar-refractivity contribution in [1.82, 2.24) is 19.8 Å². The standard InChI is InChI=1S/C18H24N4O/c1-13-5-4-6-15(11-13)14(2)18(23)22-10-7-19-12-16(22)17-20-8-9-21(17)3/h4-6,8-9,11,14,16,19H,7,10,12H2,1-3H3. The number of carbonyl (C=O) groups excluding carboxylic acids is 1. The highest BCUT2D eigenvalue weighted by Gasteiger charge is 2.33. The molecule has 1 aliphatic heterocycles. The van der Waals surface area contributed by atoms with Crippen LogP contribution in [0.4, 0.5) is 0 Å². The summed E-state index contributed by atoms with van der Waals surface area (Å²) < 4.78 is 2.00. The van der Waals surface area contributed by atoms with E-state index >= 15 is 0 Å². The number of rotatable bonds is 3. The number of carbonyl (C=O) groups is 1. The number of nitrogens with one attached hydrogen (secondary N) is 1. The lowest BCUT2D eigenvalue weighted by atomic mass is 9.96. The van der Waals surface area contributed by atoms with Crippen LogP contribution < -0.4 is 5.32 Å². The van der Waals surface area contributed by atoms with Gasteiger partial charge in [-0.25, -0.2) is 4.98 Å². The Kier molecular flexibility index (Phi) is 4.48. The molecule has 1 aromatic carbocycles. The molecule has 0 bridgehead atoms. The van der Waals surface area contributed by atoms with E-state index < -0.39 is 0 Å². The van der Waals surface area contributed by atoms with Crippen LogP contribution in [0, 0.1) is 6.92 Å². The van der Waals surface area contributed by atoms with Crippen LogP contribution in [0.5, 0.6) is 0 Å². The van der Waals surface area contributed by atoms with Crippen molar-refractivity contribution in [2.45, 2.75) is 25.8 Å². The summed E-state index contributed by atoms with van der Waals surface area (Å²) in [6, 6.07) is 8.20. The zero-order valence-electron chi connectivity index (χ0n) is 14.0. The van der Waals surface area contributed by atoms with Crippen molar-refractivity contribution in [3.8, 4) is 0 Å². The predicted molar refractivity (Wildman–Crippen MR) is 90.1 cm³/mol. The van der Waals surface area contributed by atoms with Crippen LogP contribution in [0.25, 0.3) is 0 Å². The minimum absolute atomic E-state index is 0.0106. The summed E-state index contributed by atoms with van der Waals surface area (Å²) in [5.41, 5.74) is 2.26. The average Bonchev–Trinajstić information content (AvgIpc) is 2.99. The first kappa shape index (κ1) is 15.7. The van der Waals surface area contributed by atoms with E-state index in [0.29, 0.717) is 6.54 Å². The second-order valence-electron chi connectivity index (χ2n) is 6.28. The van der Waals surface area contributed by atoms with E-state index in [-0.39, 0.29) is 17.9 Å². The van der Waals surface area contributed by atoms with Crippen LogP contribution in [-0.4, -0.2) is 40.0 Å². The van der Waals surface area contributed by atoms with E-state index in [2.05, 4.69) is 29.4 Å². The summed E-state index contributed by atoms with van der Waals surface area (Å²) in [6.07, 6.45) is 3.72. The summed E-state index contributed by atoms with van der Waals surface area (Å²) in [7, 11) is 1.98. The molecule has 1 saturated heterocycles. The first-order valence-corrected chi connectivity index (χ1v) is 8.13. The Bertz CT molecular complexity index is 694. The molecule has 1 aliphatic rings. The van der Waals surface area contributed by atoms with Crippen molar-refractivity contribution in [3.63, 3.8) is 0 Å². The van der Waals surface area contributed by atoms with Gasteiger partial charge in [0.1, 0.15) is 11.9 Å². The maximum absolute atomic E-state index is 13.1. The van der Waals surface area contributed by atoms with Gasteiger partial charge in [-0.15, -0.1) is 0 Å². The highest BCUT2D eigenvalue weighted by atomic mass is 16.2. The molecule has 1 aromatic heterocycles. The van der Waals surface area contributed by atoms with Crippen molar-refractivity contribution in [1.29, 1.82) is 0 Å². The smallest absolute Gasteiger partial charge is 0.230 e. The first-order valence-electron chi connectivity index (χ1n) is 8.13. The number of imidazole rings is 1. The summed E-state index contributed by atoms with van der Waals surface area (Å²) in [4.78, 5) is 19.5. The van der Waals surface area contributed by atoms with Crippen molar-refractivity contribution in [2.24, 2.45) is 7.05 Å². The van der Waals surface area contributed by atoms with Gasteiger partial charge in [0.25, 0.3) is 0 Å². The molecule has 1 amide bonds. The zero-order chi connectivity index (χ0) is 16.4. The number of hydrogen-bond donors (Lipinski definition) is 1. The molecule has 2 heterocycles. The van der Waals surface area contributed by atoms with Crippen molar-refractivity contribution in [2.75, 3.05) is 19.6 Å². The molecule has 1 N–H and O–H groups in total. The lowest BCUT2D eigenvalue weighted by molar-refractivity contribution is -0.136. The van der Waals surface area contributed by atoms with Crippen LogP contribution >= 0.6 is 0 Å². The molecule has 1 fully saturated rings. The van der Waals surface area contributed by atoms with Gasteiger partial charge in [-0.2, -0.15) is 0 Å².